The van der Waals surface area contributed by atoms with E-state index >= 15 is 0 Å². The lowest BCUT2D eigenvalue weighted by Crippen LogP contribution is -2.10. The largest absolute Gasteiger partial charge is 0.384 e. The maximum absolute atomic E-state index is 7.38. The summed E-state index contributed by atoms with van der Waals surface area (Å²) < 4.78 is 0. The van der Waals surface area contributed by atoms with Gasteiger partial charge in [0.15, 0.2) is 0 Å². The van der Waals surface area contributed by atoms with E-state index in [-0.39, 0.29) is 5.84 Å². The summed E-state index contributed by atoms with van der Waals surface area (Å²) in [5.41, 5.74) is 15.7. The molecule has 110 valence electrons. The summed E-state index contributed by atoms with van der Waals surface area (Å²) in [5, 5.41) is 7.38. The van der Waals surface area contributed by atoms with Gasteiger partial charge in [-0.3, -0.25) is 5.41 Å². The highest BCUT2D eigenvalue weighted by Crippen LogP contribution is 2.11. The summed E-state index contributed by atoms with van der Waals surface area (Å²) in [6.45, 7) is 0.748. The number of nitrogen functional groups attached to an aromatic ring is 1. The van der Waals surface area contributed by atoms with Crippen molar-refractivity contribution < 1.29 is 0 Å². The fraction of sp³-hybridized carbons (Fsp3) is 0.278. The second-order valence-electron chi connectivity index (χ2n) is 5.32. The SMILES string of the molecule is N=C(N)c1ccc(CCc2ccc(CCCN)cc2)cc1. The van der Waals surface area contributed by atoms with E-state index in [1.165, 1.54) is 16.7 Å². The van der Waals surface area contributed by atoms with Crippen molar-refractivity contribution in [1.82, 2.24) is 0 Å². The molecule has 2 rings (SSSR count). The molecular formula is C18H23N3. The van der Waals surface area contributed by atoms with Crippen LogP contribution in [0.3, 0.4) is 0 Å². The second-order valence-corrected chi connectivity index (χ2v) is 5.32. The van der Waals surface area contributed by atoms with Crippen molar-refractivity contribution in [2.24, 2.45) is 11.5 Å². The molecule has 0 fully saturated rings. The molecule has 0 spiro atoms. The molecule has 2 aromatic rings. The van der Waals surface area contributed by atoms with Crippen LogP contribution in [-0.4, -0.2) is 12.4 Å². The minimum atomic E-state index is 0.120. The lowest BCUT2D eigenvalue weighted by Gasteiger charge is -2.05. The van der Waals surface area contributed by atoms with Gasteiger partial charge in [-0.2, -0.15) is 0 Å². The Bertz CT molecular complexity index is 570. The van der Waals surface area contributed by atoms with Crippen LogP contribution < -0.4 is 11.5 Å². The van der Waals surface area contributed by atoms with E-state index in [0.717, 1.165) is 37.8 Å². The number of amidine groups is 1. The maximum Gasteiger partial charge on any atom is 0.122 e. The van der Waals surface area contributed by atoms with Crippen LogP contribution in [0.2, 0.25) is 0 Å². The zero-order valence-corrected chi connectivity index (χ0v) is 12.3. The second kappa shape index (κ2) is 7.60. The zero-order valence-electron chi connectivity index (χ0n) is 12.3. The van der Waals surface area contributed by atoms with E-state index in [9.17, 15) is 0 Å². The van der Waals surface area contributed by atoms with Crippen molar-refractivity contribution in [2.45, 2.75) is 25.7 Å². The molecule has 0 aromatic heterocycles. The van der Waals surface area contributed by atoms with Gasteiger partial charge in [0.2, 0.25) is 0 Å². The van der Waals surface area contributed by atoms with Crippen LogP contribution in [0.25, 0.3) is 0 Å². The summed E-state index contributed by atoms with van der Waals surface area (Å²) in [5.74, 6) is 0.120. The van der Waals surface area contributed by atoms with Crippen molar-refractivity contribution in [3.63, 3.8) is 0 Å². The van der Waals surface area contributed by atoms with Crippen LogP contribution in [0.1, 0.15) is 28.7 Å². The van der Waals surface area contributed by atoms with Gasteiger partial charge in [0, 0.05) is 5.56 Å². The molecule has 0 heterocycles. The quantitative estimate of drug-likeness (QED) is 0.539. The highest BCUT2D eigenvalue weighted by atomic mass is 14.7. The molecular weight excluding hydrogens is 258 g/mol. The Morgan fingerprint density at radius 1 is 0.762 bits per heavy atom. The van der Waals surface area contributed by atoms with Crippen LogP contribution in [0, 0.1) is 5.41 Å². The van der Waals surface area contributed by atoms with Crippen LogP contribution in [0.4, 0.5) is 0 Å². The lowest BCUT2D eigenvalue weighted by molar-refractivity contribution is 0.831. The summed E-state index contributed by atoms with van der Waals surface area (Å²) in [4.78, 5) is 0. The van der Waals surface area contributed by atoms with Gasteiger partial charge >= 0.3 is 0 Å². The zero-order chi connectivity index (χ0) is 15.1. The molecule has 21 heavy (non-hydrogen) atoms. The first-order valence-electron chi connectivity index (χ1n) is 7.40. The van der Waals surface area contributed by atoms with E-state index in [1.807, 2.05) is 24.3 Å². The van der Waals surface area contributed by atoms with Gasteiger partial charge in [-0.15, -0.1) is 0 Å². The molecule has 3 heteroatoms. The maximum atomic E-state index is 7.38. The average Bonchev–Trinajstić information content (AvgIpc) is 2.52. The van der Waals surface area contributed by atoms with Gasteiger partial charge in [-0.1, -0.05) is 48.5 Å². The molecule has 0 amide bonds. The first-order valence-corrected chi connectivity index (χ1v) is 7.40. The molecule has 0 unspecified atom stereocenters. The van der Waals surface area contributed by atoms with Gasteiger partial charge in [-0.05, 0) is 48.9 Å². The predicted octanol–water partition coefficient (Wildman–Crippen LogP) is 2.65. The Morgan fingerprint density at radius 2 is 1.19 bits per heavy atom. The molecule has 0 saturated heterocycles. The number of hydrogen-bond acceptors (Lipinski definition) is 2. The lowest BCUT2D eigenvalue weighted by atomic mass is 10.0. The van der Waals surface area contributed by atoms with E-state index in [2.05, 4.69) is 24.3 Å². The summed E-state index contributed by atoms with van der Waals surface area (Å²) >= 11 is 0. The van der Waals surface area contributed by atoms with Crippen molar-refractivity contribution >= 4 is 5.84 Å². The van der Waals surface area contributed by atoms with Gasteiger partial charge in [0.05, 0.1) is 0 Å². The molecule has 3 nitrogen and oxygen atoms in total. The number of aryl methyl sites for hydroxylation is 3. The Morgan fingerprint density at radius 3 is 1.62 bits per heavy atom. The van der Waals surface area contributed by atoms with Crippen molar-refractivity contribution in [1.29, 1.82) is 5.41 Å². The Labute approximate surface area is 126 Å². The third-order valence-electron chi connectivity index (χ3n) is 3.66. The molecule has 0 aliphatic heterocycles. The van der Waals surface area contributed by atoms with Gasteiger partial charge in [0.1, 0.15) is 5.84 Å². The Kier molecular flexibility index (Phi) is 5.52. The van der Waals surface area contributed by atoms with Crippen molar-refractivity contribution in [3.05, 3.63) is 70.8 Å². The van der Waals surface area contributed by atoms with E-state index in [4.69, 9.17) is 16.9 Å². The minimum Gasteiger partial charge on any atom is -0.384 e. The third-order valence-corrected chi connectivity index (χ3v) is 3.66. The third kappa shape index (κ3) is 4.72. The molecule has 5 N–H and O–H groups in total. The number of nitrogens with two attached hydrogens (primary N) is 2. The van der Waals surface area contributed by atoms with Crippen molar-refractivity contribution in [3.8, 4) is 0 Å². The van der Waals surface area contributed by atoms with Gasteiger partial charge < -0.3 is 11.5 Å². The highest BCUT2D eigenvalue weighted by molar-refractivity contribution is 5.94. The number of rotatable bonds is 7. The van der Waals surface area contributed by atoms with E-state index < -0.39 is 0 Å². The van der Waals surface area contributed by atoms with E-state index in [0.29, 0.717) is 0 Å². The van der Waals surface area contributed by atoms with Gasteiger partial charge in [0.25, 0.3) is 0 Å². The number of nitrogens with one attached hydrogen (secondary N) is 1. The Balaban J connectivity index is 1.88. The minimum absolute atomic E-state index is 0.120. The van der Waals surface area contributed by atoms with E-state index in [1.54, 1.807) is 0 Å². The van der Waals surface area contributed by atoms with Gasteiger partial charge in [-0.25, -0.2) is 0 Å². The fourth-order valence-electron chi connectivity index (χ4n) is 2.32. The molecule has 0 saturated carbocycles. The monoisotopic (exact) mass is 281 g/mol. The molecule has 0 atom stereocenters. The van der Waals surface area contributed by atoms with Crippen molar-refractivity contribution in [2.75, 3.05) is 6.54 Å². The predicted molar refractivity (Wildman–Crippen MR) is 88.7 cm³/mol. The van der Waals surface area contributed by atoms with Crippen LogP contribution in [0.15, 0.2) is 48.5 Å². The first-order chi connectivity index (χ1) is 10.2. The molecule has 0 aliphatic carbocycles. The number of hydrogen-bond donors (Lipinski definition) is 3. The topological polar surface area (TPSA) is 75.9 Å². The summed E-state index contributed by atoms with van der Waals surface area (Å²) in [6, 6.07) is 16.7. The summed E-state index contributed by atoms with van der Waals surface area (Å²) in [6.07, 6.45) is 4.13. The first kappa shape index (κ1) is 15.3. The van der Waals surface area contributed by atoms with Crippen LogP contribution in [0.5, 0.6) is 0 Å². The normalized spacial score (nSPS) is 10.5. The fourth-order valence-corrected chi connectivity index (χ4v) is 2.32. The smallest absolute Gasteiger partial charge is 0.122 e. The Hall–Kier alpha value is -2.13. The molecule has 0 aliphatic rings. The van der Waals surface area contributed by atoms with Crippen LogP contribution >= 0.6 is 0 Å². The highest BCUT2D eigenvalue weighted by Gasteiger charge is 1.99. The summed E-state index contributed by atoms with van der Waals surface area (Å²) in [7, 11) is 0. The van der Waals surface area contributed by atoms with Crippen LogP contribution in [-0.2, 0) is 19.3 Å². The number of benzene rings is 2. The molecule has 0 bridgehead atoms. The average molecular weight is 281 g/mol. The standard InChI is InChI=1S/C18H23N3/c19-13-1-2-14-3-5-15(6-4-14)7-8-16-9-11-17(12-10-16)18(20)21/h3-6,9-12H,1-2,7-8,13,19H2,(H3,20,21). The molecule has 2 aromatic carbocycles. The molecule has 0 radical (unpaired) electrons.